The van der Waals surface area contributed by atoms with Gasteiger partial charge < -0.3 is 5.73 Å². The van der Waals surface area contributed by atoms with Gasteiger partial charge in [0.15, 0.2) is 0 Å². The summed E-state index contributed by atoms with van der Waals surface area (Å²) >= 11 is 0. The minimum Gasteiger partial charge on any atom is -0.326 e. The van der Waals surface area contributed by atoms with E-state index in [1.165, 1.54) is 0 Å². The summed E-state index contributed by atoms with van der Waals surface area (Å²) in [5, 5.41) is 0. The molecule has 2 saturated heterocycles. The number of alkyl halides is 1. The van der Waals surface area contributed by atoms with Crippen LogP contribution < -0.4 is 5.73 Å². The number of hydrogen-bond acceptors (Lipinski definition) is 2. The van der Waals surface area contributed by atoms with Crippen LogP contribution in [-0.4, -0.2) is 36.2 Å². The highest BCUT2D eigenvalue weighted by molar-refractivity contribution is 5.02. The molecule has 2 bridgehead atoms. The Labute approximate surface area is 66.5 Å². The van der Waals surface area contributed by atoms with Gasteiger partial charge in [0.05, 0.1) is 6.04 Å². The van der Waals surface area contributed by atoms with Gasteiger partial charge in [-0.15, -0.1) is 0 Å². The quantitative estimate of drug-likeness (QED) is 0.557. The molecule has 0 spiro atoms. The number of rotatable bonds is 0. The fourth-order valence-electron chi connectivity index (χ4n) is 2.51. The third-order valence-electron chi connectivity index (χ3n) is 3.19. The maximum Gasteiger partial charge on any atom is 0.119 e. The van der Waals surface area contributed by atoms with Crippen LogP contribution >= 0.6 is 0 Å². The van der Waals surface area contributed by atoms with Gasteiger partial charge in [-0.3, -0.25) is 4.90 Å². The van der Waals surface area contributed by atoms with Crippen molar-refractivity contribution in [2.45, 2.75) is 43.6 Å². The topological polar surface area (TPSA) is 29.3 Å². The molecule has 0 aromatic rings. The van der Waals surface area contributed by atoms with Crippen LogP contribution in [0.25, 0.3) is 0 Å². The monoisotopic (exact) mass is 158 g/mol. The smallest absolute Gasteiger partial charge is 0.119 e. The Balaban J connectivity index is 2.18. The maximum atomic E-state index is 13.3. The van der Waals surface area contributed by atoms with Crippen molar-refractivity contribution in [1.29, 1.82) is 0 Å². The lowest BCUT2D eigenvalue weighted by Crippen LogP contribution is -2.51. The molecule has 0 amide bonds. The van der Waals surface area contributed by atoms with Crippen molar-refractivity contribution in [3.05, 3.63) is 0 Å². The van der Waals surface area contributed by atoms with Crippen molar-refractivity contribution in [3.63, 3.8) is 0 Å². The summed E-state index contributed by atoms with van der Waals surface area (Å²) in [5.74, 6) is 0. The van der Waals surface area contributed by atoms with Gasteiger partial charge in [0.2, 0.25) is 0 Å². The Morgan fingerprint density at radius 3 is 2.82 bits per heavy atom. The lowest BCUT2D eigenvalue weighted by atomic mass is 9.99. The maximum absolute atomic E-state index is 13.3. The van der Waals surface area contributed by atoms with Crippen molar-refractivity contribution in [2.24, 2.45) is 5.73 Å². The van der Waals surface area contributed by atoms with Gasteiger partial charge in [0.25, 0.3) is 0 Å². The van der Waals surface area contributed by atoms with Crippen LogP contribution in [0.3, 0.4) is 0 Å². The molecule has 64 valence electrons. The van der Waals surface area contributed by atoms with Gasteiger partial charge in [0, 0.05) is 12.1 Å². The molecule has 2 fully saturated rings. The molecule has 2 rings (SSSR count). The second kappa shape index (κ2) is 2.42. The van der Waals surface area contributed by atoms with Gasteiger partial charge in [-0.25, -0.2) is 4.39 Å². The summed E-state index contributed by atoms with van der Waals surface area (Å²) in [4.78, 5) is 2.12. The molecule has 0 saturated carbocycles. The van der Waals surface area contributed by atoms with Crippen LogP contribution in [0.15, 0.2) is 0 Å². The summed E-state index contributed by atoms with van der Waals surface area (Å²) in [7, 11) is 1.99. The van der Waals surface area contributed by atoms with Crippen LogP contribution in [0, 0.1) is 0 Å². The zero-order chi connectivity index (χ0) is 8.01. The molecular formula is C8H15FN2. The predicted molar refractivity (Wildman–Crippen MR) is 42.1 cm³/mol. The molecule has 0 aromatic carbocycles. The van der Waals surface area contributed by atoms with E-state index in [9.17, 15) is 4.39 Å². The SMILES string of the molecule is CN1[C@H]2CC[C@H](N)[C@@H]1[C@@H](F)C2. The second-order valence-electron chi connectivity index (χ2n) is 3.80. The fraction of sp³-hybridized carbons (Fsp3) is 1.00. The lowest BCUT2D eigenvalue weighted by molar-refractivity contribution is 0.130. The number of piperidine rings is 1. The molecular weight excluding hydrogens is 143 g/mol. The van der Waals surface area contributed by atoms with Crippen molar-refractivity contribution in [1.82, 2.24) is 4.90 Å². The van der Waals surface area contributed by atoms with Crippen molar-refractivity contribution < 1.29 is 4.39 Å². The molecule has 0 aliphatic carbocycles. The summed E-state index contributed by atoms with van der Waals surface area (Å²) in [5.41, 5.74) is 5.82. The normalized spacial score (nSPS) is 51.5. The molecule has 3 heteroatoms. The Hall–Kier alpha value is -0.150. The van der Waals surface area contributed by atoms with E-state index in [0.29, 0.717) is 12.5 Å². The van der Waals surface area contributed by atoms with Gasteiger partial charge in [0.1, 0.15) is 6.17 Å². The molecule has 2 heterocycles. The Bertz CT molecular complexity index is 158. The molecule has 0 unspecified atom stereocenters. The first kappa shape index (κ1) is 7.50. The van der Waals surface area contributed by atoms with E-state index < -0.39 is 6.17 Å². The van der Waals surface area contributed by atoms with E-state index in [-0.39, 0.29) is 12.1 Å². The minimum absolute atomic E-state index is 0.00810. The van der Waals surface area contributed by atoms with Crippen LogP contribution in [-0.2, 0) is 0 Å². The highest BCUT2D eigenvalue weighted by atomic mass is 19.1. The van der Waals surface area contributed by atoms with E-state index in [2.05, 4.69) is 4.90 Å². The average Bonchev–Trinajstić information content (AvgIpc) is 2.11. The van der Waals surface area contributed by atoms with Gasteiger partial charge in [-0.2, -0.15) is 0 Å². The van der Waals surface area contributed by atoms with Crippen molar-refractivity contribution in [3.8, 4) is 0 Å². The first-order chi connectivity index (χ1) is 5.20. The molecule has 4 atom stereocenters. The highest BCUT2D eigenvalue weighted by Crippen LogP contribution is 2.35. The number of likely N-dealkylation sites (N-methyl/N-ethyl adjacent to an activating group) is 1. The van der Waals surface area contributed by atoms with Crippen molar-refractivity contribution in [2.75, 3.05) is 7.05 Å². The summed E-state index contributed by atoms with van der Waals surface area (Å²) in [6.45, 7) is 0. The van der Waals surface area contributed by atoms with E-state index in [1.54, 1.807) is 0 Å². The van der Waals surface area contributed by atoms with Crippen LogP contribution in [0.4, 0.5) is 4.39 Å². The fourth-order valence-corrected chi connectivity index (χ4v) is 2.51. The number of halogens is 1. The predicted octanol–water partition coefficient (Wildman–Crippen LogP) is 0.518. The largest absolute Gasteiger partial charge is 0.326 e. The Morgan fingerprint density at radius 2 is 2.18 bits per heavy atom. The van der Waals surface area contributed by atoms with Gasteiger partial charge in [-0.1, -0.05) is 0 Å². The molecule has 2 nitrogen and oxygen atoms in total. The average molecular weight is 158 g/mol. The third-order valence-corrected chi connectivity index (χ3v) is 3.19. The molecule has 2 N–H and O–H groups in total. The first-order valence-electron chi connectivity index (χ1n) is 4.31. The number of nitrogens with zero attached hydrogens (tertiary/aromatic N) is 1. The minimum atomic E-state index is -0.678. The molecule has 2 aliphatic rings. The number of nitrogens with two attached hydrogens (primary N) is 1. The zero-order valence-electron chi connectivity index (χ0n) is 6.83. The standard InChI is InChI=1S/C8H15FN2/c1-11-5-2-3-7(10)8(11)6(9)4-5/h5-8H,2-4,10H2,1H3/t5-,6-,7-,8-/m0/s1. The molecule has 0 radical (unpaired) electrons. The van der Waals surface area contributed by atoms with Crippen LogP contribution in [0.1, 0.15) is 19.3 Å². The van der Waals surface area contributed by atoms with E-state index in [4.69, 9.17) is 5.73 Å². The molecule has 0 aromatic heterocycles. The summed E-state index contributed by atoms with van der Waals surface area (Å²) < 4.78 is 13.3. The van der Waals surface area contributed by atoms with E-state index >= 15 is 0 Å². The third kappa shape index (κ3) is 0.983. The highest BCUT2D eigenvalue weighted by Gasteiger charge is 2.45. The van der Waals surface area contributed by atoms with E-state index in [0.717, 1.165) is 12.8 Å². The molecule has 2 aliphatic heterocycles. The van der Waals surface area contributed by atoms with Crippen molar-refractivity contribution >= 4 is 0 Å². The van der Waals surface area contributed by atoms with Gasteiger partial charge >= 0.3 is 0 Å². The summed E-state index contributed by atoms with van der Waals surface area (Å²) in [6, 6.07) is 0.539. The van der Waals surface area contributed by atoms with Crippen LogP contribution in [0.5, 0.6) is 0 Å². The number of fused-ring (bicyclic) bond motifs is 2. The molecule has 11 heavy (non-hydrogen) atoms. The van der Waals surface area contributed by atoms with Crippen LogP contribution in [0.2, 0.25) is 0 Å². The second-order valence-corrected chi connectivity index (χ2v) is 3.80. The summed E-state index contributed by atoms with van der Waals surface area (Å²) in [6.07, 6.45) is 2.10. The number of hydrogen-bond donors (Lipinski definition) is 1. The Morgan fingerprint density at radius 1 is 1.45 bits per heavy atom. The van der Waals surface area contributed by atoms with Gasteiger partial charge in [-0.05, 0) is 26.3 Å². The zero-order valence-corrected chi connectivity index (χ0v) is 6.83. The Kier molecular flexibility index (Phi) is 1.65. The first-order valence-corrected chi connectivity index (χ1v) is 4.31. The lowest BCUT2D eigenvalue weighted by Gasteiger charge is -2.35. The van der Waals surface area contributed by atoms with E-state index in [1.807, 2.05) is 7.05 Å².